The number of anilines is 1. The summed E-state index contributed by atoms with van der Waals surface area (Å²) in [5.41, 5.74) is 3.69. The summed E-state index contributed by atoms with van der Waals surface area (Å²) < 4.78 is 2.03. The van der Waals surface area contributed by atoms with Crippen LogP contribution >= 0.6 is 0 Å². The van der Waals surface area contributed by atoms with Gasteiger partial charge in [-0.1, -0.05) is 18.2 Å². The van der Waals surface area contributed by atoms with E-state index in [2.05, 4.69) is 10.6 Å². The number of amides is 2. The fourth-order valence-corrected chi connectivity index (χ4v) is 2.71. The quantitative estimate of drug-likeness (QED) is 0.689. The Bertz CT molecular complexity index is 870. The number of carbonyl (C=O) groups excluding carboxylic acids is 1. The number of aliphatic hydroxyl groups excluding tert-OH is 1. The monoisotopic (exact) mass is 323 g/mol. The molecule has 0 aliphatic heterocycles. The van der Waals surface area contributed by atoms with Gasteiger partial charge >= 0.3 is 6.03 Å². The molecule has 0 radical (unpaired) electrons. The van der Waals surface area contributed by atoms with Gasteiger partial charge in [0.05, 0.1) is 6.10 Å². The summed E-state index contributed by atoms with van der Waals surface area (Å²) in [6.07, 6.45) is 1.23. The molecule has 2 amide bonds. The fourth-order valence-electron chi connectivity index (χ4n) is 2.71. The first kappa shape index (κ1) is 16.1. The maximum absolute atomic E-state index is 11.9. The zero-order valence-electron chi connectivity index (χ0n) is 13.8. The molecule has 5 heteroatoms. The number of rotatable bonds is 4. The topological polar surface area (TPSA) is 66.3 Å². The molecular weight excluding hydrogens is 302 g/mol. The highest BCUT2D eigenvalue weighted by Gasteiger charge is 2.11. The number of fused-ring (bicyclic) bond motifs is 1. The number of nitrogens with zero attached hydrogens (tertiary/aromatic N) is 1. The van der Waals surface area contributed by atoms with E-state index < -0.39 is 6.10 Å². The van der Waals surface area contributed by atoms with Crippen LogP contribution in [0.5, 0.6) is 0 Å². The molecule has 3 rings (SSSR count). The van der Waals surface area contributed by atoms with Crippen LogP contribution in [0.25, 0.3) is 10.9 Å². The zero-order valence-corrected chi connectivity index (χ0v) is 13.8. The number of benzene rings is 2. The lowest BCUT2D eigenvalue weighted by Crippen LogP contribution is -2.32. The molecule has 0 fully saturated rings. The van der Waals surface area contributed by atoms with Crippen LogP contribution in [-0.4, -0.2) is 22.2 Å². The van der Waals surface area contributed by atoms with Crippen molar-refractivity contribution in [2.24, 2.45) is 7.05 Å². The van der Waals surface area contributed by atoms with Crippen molar-refractivity contribution in [2.45, 2.75) is 13.0 Å². The predicted molar refractivity (Wildman–Crippen MR) is 96.1 cm³/mol. The summed E-state index contributed by atoms with van der Waals surface area (Å²) in [6.45, 7) is 2.11. The molecule has 0 saturated heterocycles. The van der Waals surface area contributed by atoms with Gasteiger partial charge in [0.2, 0.25) is 0 Å². The first-order valence-corrected chi connectivity index (χ1v) is 7.87. The molecular formula is C19H21N3O2. The first-order valence-electron chi connectivity index (χ1n) is 7.87. The fraction of sp³-hybridized carbons (Fsp3) is 0.211. The Kier molecular flexibility index (Phi) is 4.53. The third-order valence-electron chi connectivity index (χ3n) is 4.03. The second-order valence-corrected chi connectivity index (χ2v) is 5.97. The zero-order chi connectivity index (χ0) is 17.1. The maximum Gasteiger partial charge on any atom is 0.319 e. The molecule has 5 nitrogen and oxygen atoms in total. The minimum atomic E-state index is -0.752. The van der Waals surface area contributed by atoms with Crippen molar-refractivity contribution in [2.75, 3.05) is 11.9 Å². The molecule has 3 N–H and O–H groups in total. The van der Waals surface area contributed by atoms with Crippen molar-refractivity contribution in [1.82, 2.24) is 9.88 Å². The number of urea groups is 1. The SMILES string of the molecule is Cc1cccc(NC(=O)NCC(O)c2ccc3c(ccn3C)c2)c1. The van der Waals surface area contributed by atoms with Gasteiger partial charge in [0.25, 0.3) is 0 Å². The molecule has 3 aromatic rings. The van der Waals surface area contributed by atoms with Gasteiger partial charge < -0.3 is 20.3 Å². The Morgan fingerprint density at radius 2 is 2.04 bits per heavy atom. The van der Waals surface area contributed by atoms with E-state index in [1.807, 2.05) is 73.3 Å². The van der Waals surface area contributed by atoms with E-state index in [-0.39, 0.29) is 12.6 Å². The van der Waals surface area contributed by atoms with E-state index in [0.717, 1.165) is 27.7 Å². The molecule has 24 heavy (non-hydrogen) atoms. The molecule has 0 saturated carbocycles. The van der Waals surface area contributed by atoms with Crippen molar-refractivity contribution in [3.05, 3.63) is 65.9 Å². The second kappa shape index (κ2) is 6.76. The van der Waals surface area contributed by atoms with E-state index in [1.54, 1.807) is 0 Å². The summed E-state index contributed by atoms with van der Waals surface area (Å²) in [5, 5.41) is 16.8. The average Bonchev–Trinajstić information content (AvgIpc) is 2.93. The molecule has 0 aliphatic rings. The van der Waals surface area contributed by atoms with Gasteiger partial charge in [-0.3, -0.25) is 0 Å². The number of carbonyl (C=O) groups is 1. The van der Waals surface area contributed by atoms with Crippen LogP contribution in [-0.2, 0) is 7.05 Å². The van der Waals surface area contributed by atoms with E-state index in [0.29, 0.717) is 0 Å². The van der Waals surface area contributed by atoms with Gasteiger partial charge in [0, 0.05) is 31.0 Å². The van der Waals surface area contributed by atoms with Gasteiger partial charge in [0.15, 0.2) is 0 Å². The number of aryl methyl sites for hydroxylation is 2. The number of hydrogen-bond donors (Lipinski definition) is 3. The van der Waals surface area contributed by atoms with Crippen LogP contribution < -0.4 is 10.6 Å². The Hall–Kier alpha value is -2.79. The Labute approximate surface area is 140 Å². The van der Waals surface area contributed by atoms with Crippen LogP contribution in [0.3, 0.4) is 0 Å². The predicted octanol–water partition coefficient (Wildman–Crippen LogP) is 3.34. The van der Waals surface area contributed by atoms with Crippen LogP contribution in [0, 0.1) is 6.92 Å². The van der Waals surface area contributed by atoms with Crippen LogP contribution in [0.2, 0.25) is 0 Å². The lowest BCUT2D eigenvalue weighted by atomic mass is 10.1. The van der Waals surface area contributed by atoms with Gasteiger partial charge in [0.1, 0.15) is 0 Å². The molecule has 1 aromatic heterocycles. The third-order valence-corrected chi connectivity index (χ3v) is 4.03. The van der Waals surface area contributed by atoms with E-state index in [9.17, 15) is 9.90 Å². The molecule has 1 unspecified atom stereocenters. The van der Waals surface area contributed by atoms with Gasteiger partial charge in [-0.2, -0.15) is 0 Å². The normalized spacial score (nSPS) is 12.1. The van der Waals surface area contributed by atoms with Gasteiger partial charge in [-0.05, 0) is 53.8 Å². The molecule has 0 aliphatic carbocycles. The standard InChI is InChI=1S/C19H21N3O2/c1-13-4-3-5-16(10-13)21-19(24)20-12-18(23)15-6-7-17-14(11-15)8-9-22(17)2/h3-11,18,23H,12H2,1-2H3,(H2,20,21,24). The minimum Gasteiger partial charge on any atom is -0.387 e. The summed E-state index contributed by atoms with van der Waals surface area (Å²) in [6, 6.07) is 15.0. The highest BCUT2D eigenvalue weighted by atomic mass is 16.3. The van der Waals surface area contributed by atoms with Crippen molar-refractivity contribution < 1.29 is 9.90 Å². The number of nitrogens with one attached hydrogen (secondary N) is 2. The van der Waals surface area contributed by atoms with Crippen LogP contribution in [0.4, 0.5) is 10.5 Å². The third kappa shape index (κ3) is 3.58. The molecule has 1 atom stereocenters. The number of aliphatic hydroxyl groups is 1. The van der Waals surface area contributed by atoms with E-state index >= 15 is 0 Å². The Balaban J connectivity index is 1.59. The summed E-state index contributed by atoms with van der Waals surface area (Å²) in [5.74, 6) is 0. The van der Waals surface area contributed by atoms with Crippen LogP contribution in [0.15, 0.2) is 54.7 Å². The Morgan fingerprint density at radius 1 is 1.21 bits per heavy atom. The minimum absolute atomic E-state index is 0.149. The van der Waals surface area contributed by atoms with Crippen molar-refractivity contribution in [3.63, 3.8) is 0 Å². The van der Waals surface area contributed by atoms with Crippen molar-refractivity contribution >= 4 is 22.6 Å². The summed E-state index contributed by atoms with van der Waals surface area (Å²) in [7, 11) is 1.98. The summed E-state index contributed by atoms with van der Waals surface area (Å²) in [4.78, 5) is 11.9. The van der Waals surface area contributed by atoms with Gasteiger partial charge in [-0.25, -0.2) is 4.79 Å². The van der Waals surface area contributed by atoms with Crippen molar-refractivity contribution in [3.8, 4) is 0 Å². The smallest absolute Gasteiger partial charge is 0.319 e. The largest absolute Gasteiger partial charge is 0.387 e. The highest BCUT2D eigenvalue weighted by Crippen LogP contribution is 2.20. The summed E-state index contributed by atoms with van der Waals surface area (Å²) >= 11 is 0. The number of aromatic nitrogens is 1. The highest BCUT2D eigenvalue weighted by molar-refractivity contribution is 5.89. The molecule has 1 heterocycles. The van der Waals surface area contributed by atoms with Crippen LogP contribution in [0.1, 0.15) is 17.2 Å². The van der Waals surface area contributed by atoms with E-state index in [1.165, 1.54) is 0 Å². The Morgan fingerprint density at radius 3 is 2.83 bits per heavy atom. The van der Waals surface area contributed by atoms with E-state index in [4.69, 9.17) is 0 Å². The second-order valence-electron chi connectivity index (χ2n) is 5.97. The molecule has 0 spiro atoms. The first-order chi connectivity index (χ1) is 11.5. The number of hydrogen-bond acceptors (Lipinski definition) is 2. The average molecular weight is 323 g/mol. The lowest BCUT2D eigenvalue weighted by molar-refractivity contribution is 0.175. The molecule has 2 aromatic carbocycles. The molecule has 0 bridgehead atoms. The van der Waals surface area contributed by atoms with Crippen molar-refractivity contribution in [1.29, 1.82) is 0 Å². The van der Waals surface area contributed by atoms with Gasteiger partial charge in [-0.15, -0.1) is 0 Å². The lowest BCUT2D eigenvalue weighted by Gasteiger charge is -2.13. The maximum atomic E-state index is 11.9. The molecule has 124 valence electrons.